The second-order valence-electron chi connectivity index (χ2n) is 5.23. The van der Waals surface area contributed by atoms with Crippen molar-refractivity contribution in [3.05, 3.63) is 24.3 Å². The SMILES string of the molecule is CC(C)NC(=O)CN(C)CCCOc1ccc(N)cc1. The molecule has 20 heavy (non-hydrogen) atoms. The number of nitrogens with zero attached hydrogens (tertiary/aromatic N) is 1. The van der Waals surface area contributed by atoms with Crippen LogP contribution in [0.5, 0.6) is 5.75 Å². The minimum absolute atomic E-state index is 0.0574. The third-order valence-corrected chi connectivity index (χ3v) is 2.70. The normalized spacial score (nSPS) is 10.8. The molecular weight excluding hydrogens is 254 g/mol. The van der Waals surface area contributed by atoms with E-state index in [0.29, 0.717) is 13.2 Å². The molecule has 3 N–H and O–H groups in total. The van der Waals surface area contributed by atoms with Gasteiger partial charge in [-0.05, 0) is 51.6 Å². The number of rotatable bonds is 8. The third-order valence-electron chi connectivity index (χ3n) is 2.70. The number of amides is 1. The fraction of sp³-hybridized carbons (Fsp3) is 0.533. The van der Waals surface area contributed by atoms with E-state index in [2.05, 4.69) is 5.32 Å². The monoisotopic (exact) mass is 279 g/mol. The Hall–Kier alpha value is -1.75. The first-order valence-corrected chi connectivity index (χ1v) is 6.93. The molecular formula is C15H25N3O2. The van der Waals surface area contributed by atoms with Crippen LogP contribution in [0.3, 0.4) is 0 Å². The van der Waals surface area contributed by atoms with Crippen molar-refractivity contribution in [2.75, 3.05) is 32.5 Å². The predicted octanol–water partition coefficient (Wildman–Crippen LogP) is 1.49. The number of nitrogen functional groups attached to an aromatic ring is 1. The fourth-order valence-electron chi connectivity index (χ4n) is 1.78. The van der Waals surface area contributed by atoms with Crippen LogP contribution in [0.25, 0.3) is 0 Å². The smallest absolute Gasteiger partial charge is 0.234 e. The van der Waals surface area contributed by atoms with E-state index >= 15 is 0 Å². The lowest BCUT2D eigenvalue weighted by Crippen LogP contribution is -2.39. The second-order valence-corrected chi connectivity index (χ2v) is 5.23. The summed E-state index contributed by atoms with van der Waals surface area (Å²) < 4.78 is 5.60. The fourth-order valence-corrected chi connectivity index (χ4v) is 1.78. The maximum absolute atomic E-state index is 11.6. The highest BCUT2D eigenvalue weighted by Crippen LogP contribution is 2.13. The first kappa shape index (κ1) is 16.3. The van der Waals surface area contributed by atoms with Gasteiger partial charge in [0.2, 0.25) is 5.91 Å². The highest BCUT2D eigenvalue weighted by molar-refractivity contribution is 5.78. The number of carbonyl (C=O) groups excluding carboxylic acids is 1. The number of carbonyl (C=O) groups is 1. The van der Waals surface area contributed by atoms with Crippen LogP contribution < -0.4 is 15.8 Å². The van der Waals surface area contributed by atoms with Crippen molar-refractivity contribution < 1.29 is 9.53 Å². The summed E-state index contributed by atoms with van der Waals surface area (Å²) in [6, 6.07) is 7.53. The summed E-state index contributed by atoms with van der Waals surface area (Å²) in [4.78, 5) is 13.5. The number of likely N-dealkylation sites (N-methyl/N-ethyl adjacent to an activating group) is 1. The van der Waals surface area contributed by atoms with E-state index in [1.54, 1.807) is 0 Å². The lowest BCUT2D eigenvalue weighted by atomic mass is 10.3. The van der Waals surface area contributed by atoms with Crippen LogP contribution in [-0.4, -0.2) is 43.6 Å². The maximum atomic E-state index is 11.6. The Balaban J connectivity index is 2.14. The van der Waals surface area contributed by atoms with Gasteiger partial charge in [-0.1, -0.05) is 0 Å². The molecule has 0 radical (unpaired) electrons. The highest BCUT2D eigenvalue weighted by atomic mass is 16.5. The molecule has 5 nitrogen and oxygen atoms in total. The molecule has 0 heterocycles. The second kappa shape index (κ2) is 8.43. The van der Waals surface area contributed by atoms with Crippen LogP contribution >= 0.6 is 0 Å². The van der Waals surface area contributed by atoms with Gasteiger partial charge in [-0.3, -0.25) is 9.69 Å². The zero-order valence-corrected chi connectivity index (χ0v) is 12.6. The van der Waals surface area contributed by atoms with Crippen LogP contribution in [-0.2, 0) is 4.79 Å². The number of nitrogens with two attached hydrogens (primary N) is 1. The molecule has 0 unspecified atom stereocenters. The molecule has 0 fully saturated rings. The Kier molecular flexibility index (Phi) is 6.87. The van der Waals surface area contributed by atoms with Crippen molar-refractivity contribution in [2.24, 2.45) is 0 Å². The number of nitrogens with one attached hydrogen (secondary N) is 1. The van der Waals surface area contributed by atoms with Crippen LogP contribution in [0.4, 0.5) is 5.69 Å². The average molecular weight is 279 g/mol. The summed E-state index contributed by atoms with van der Waals surface area (Å²) in [6.07, 6.45) is 0.871. The van der Waals surface area contributed by atoms with Gasteiger partial charge in [-0.2, -0.15) is 0 Å². The molecule has 0 bridgehead atoms. The molecule has 112 valence electrons. The van der Waals surface area contributed by atoms with E-state index in [1.807, 2.05) is 50.1 Å². The Morgan fingerprint density at radius 2 is 2.00 bits per heavy atom. The van der Waals surface area contributed by atoms with Crippen molar-refractivity contribution >= 4 is 11.6 Å². The van der Waals surface area contributed by atoms with Gasteiger partial charge in [-0.25, -0.2) is 0 Å². The van der Waals surface area contributed by atoms with Gasteiger partial charge < -0.3 is 15.8 Å². The van der Waals surface area contributed by atoms with E-state index < -0.39 is 0 Å². The minimum atomic E-state index is 0.0574. The Morgan fingerprint density at radius 1 is 1.35 bits per heavy atom. The van der Waals surface area contributed by atoms with Gasteiger partial charge >= 0.3 is 0 Å². The summed E-state index contributed by atoms with van der Waals surface area (Å²) in [6.45, 7) is 5.78. The van der Waals surface area contributed by atoms with E-state index in [0.717, 1.165) is 24.4 Å². The van der Waals surface area contributed by atoms with E-state index in [4.69, 9.17) is 10.5 Å². The topological polar surface area (TPSA) is 67.6 Å². The summed E-state index contributed by atoms with van der Waals surface area (Å²) in [5, 5.41) is 2.87. The van der Waals surface area contributed by atoms with E-state index in [9.17, 15) is 4.79 Å². The Morgan fingerprint density at radius 3 is 2.60 bits per heavy atom. The molecule has 0 saturated heterocycles. The molecule has 1 rings (SSSR count). The summed E-state index contributed by atoms with van der Waals surface area (Å²) in [5.41, 5.74) is 6.33. The predicted molar refractivity (Wildman–Crippen MR) is 81.7 cm³/mol. The maximum Gasteiger partial charge on any atom is 0.234 e. The lowest BCUT2D eigenvalue weighted by Gasteiger charge is -2.17. The average Bonchev–Trinajstić information content (AvgIpc) is 2.35. The number of hydrogen-bond acceptors (Lipinski definition) is 4. The molecule has 0 aliphatic rings. The quantitative estimate of drug-likeness (QED) is 0.559. The number of benzene rings is 1. The standard InChI is InChI=1S/C15H25N3O2/c1-12(2)17-15(19)11-18(3)9-4-10-20-14-7-5-13(16)6-8-14/h5-8,12H,4,9-11,16H2,1-3H3,(H,17,19). The first-order chi connectivity index (χ1) is 9.47. The number of hydrogen-bond donors (Lipinski definition) is 2. The largest absolute Gasteiger partial charge is 0.494 e. The van der Waals surface area contributed by atoms with Crippen LogP contribution in [0, 0.1) is 0 Å². The molecule has 1 aromatic rings. The highest BCUT2D eigenvalue weighted by Gasteiger charge is 2.07. The molecule has 1 aromatic carbocycles. The zero-order chi connectivity index (χ0) is 15.0. The van der Waals surface area contributed by atoms with Gasteiger partial charge in [0.15, 0.2) is 0 Å². The third kappa shape index (κ3) is 6.99. The summed E-state index contributed by atoms with van der Waals surface area (Å²) >= 11 is 0. The molecule has 0 aliphatic heterocycles. The molecule has 0 saturated carbocycles. The Labute approximate surface area is 121 Å². The van der Waals surface area contributed by atoms with Gasteiger partial charge in [0.05, 0.1) is 13.2 Å². The molecule has 0 aliphatic carbocycles. The molecule has 0 spiro atoms. The lowest BCUT2D eigenvalue weighted by molar-refractivity contribution is -0.122. The molecule has 1 amide bonds. The van der Waals surface area contributed by atoms with Gasteiger partial charge in [0.25, 0.3) is 0 Å². The molecule has 0 aromatic heterocycles. The zero-order valence-electron chi connectivity index (χ0n) is 12.6. The van der Waals surface area contributed by atoms with Crippen LogP contribution in [0.1, 0.15) is 20.3 Å². The van der Waals surface area contributed by atoms with Crippen LogP contribution in [0.15, 0.2) is 24.3 Å². The summed E-state index contributed by atoms with van der Waals surface area (Å²) in [7, 11) is 1.93. The van der Waals surface area contributed by atoms with E-state index in [1.165, 1.54) is 0 Å². The molecule has 0 atom stereocenters. The number of anilines is 1. The van der Waals surface area contributed by atoms with Gasteiger partial charge in [0, 0.05) is 18.3 Å². The Bertz CT molecular complexity index is 404. The van der Waals surface area contributed by atoms with Gasteiger partial charge in [0.1, 0.15) is 5.75 Å². The van der Waals surface area contributed by atoms with Crippen molar-refractivity contribution in [3.63, 3.8) is 0 Å². The van der Waals surface area contributed by atoms with Crippen molar-refractivity contribution in [1.29, 1.82) is 0 Å². The minimum Gasteiger partial charge on any atom is -0.494 e. The van der Waals surface area contributed by atoms with Gasteiger partial charge in [-0.15, -0.1) is 0 Å². The first-order valence-electron chi connectivity index (χ1n) is 6.93. The summed E-state index contributed by atoms with van der Waals surface area (Å²) in [5.74, 6) is 0.876. The molecule has 5 heteroatoms. The van der Waals surface area contributed by atoms with Crippen molar-refractivity contribution in [3.8, 4) is 5.75 Å². The van der Waals surface area contributed by atoms with E-state index in [-0.39, 0.29) is 11.9 Å². The van der Waals surface area contributed by atoms with Crippen molar-refractivity contribution in [1.82, 2.24) is 10.2 Å². The van der Waals surface area contributed by atoms with Crippen LogP contribution in [0.2, 0.25) is 0 Å². The van der Waals surface area contributed by atoms with Crippen molar-refractivity contribution in [2.45, 2.75) is 26.3 Å². The number of ether oxygens (including phenoxy) is 1.